The molecule has 3 heterocycles. The molecule has 44 heavy (non-hydrogen) atoms. The number of aliphatic hydroxyl groups excluding tert-OH is 1. The first-order chi connectivity index (χ1) is 20.9. The number of hydrogen-bond donors (Lipinski definition) is 4. The summed E-state index contributed by atoms with van der Waals surface area (Å²) < 4.78 is 52.8. The first-order valence-corrected chi connectivity index (χ1v) is 15.8. The van der Waals surface area contributed by atoms with Gasteiger partial charge in [0.25, 0.3) is 5.91 Å². The zero-order valence-corrected chi connectivity index (χ0v) is 25.9. The number of nitrogens with two attached hydrogens (primary N) is 2. The summed E-state index contributed by atoms with van der Waals surface area (Å²) in [4.78, 5) is 32.6. The number of esters is 1. The van der Waals surface area contributed by atoms with Gasteiger partial charge in [0.1, 0.15) is 35.5 Å². The Balaban J connectivity index is 1.53. The number of carbonyl (C=O) groups is 2. The molecular formula is C27H35ClFN6O8P. The fraction of sp³-hybridized carbons (Fsp3) is 0.481. The highest BCUT2D eigenvalue weighted by Crippen LogP contribution is 2.46. The molecule has 4 rings (SSSR count). The van der Waals surface area contributed by atoms with E-state index in [-0.39, 0.29) is 46.0 Å². The second kappa shape index (κ2) is 14.2. The molecule has 6 atom stereocenters. The number of nitrogens with one attached hydrogen (secondary N) is 1. The van der Waals surface area contributed by atoms with Crippen LogP contribution in [0, 0.1) is 5.92 Å². The number of amides is 1. The van der Waals surface area contributed by atoms with Crippen LogP contribution in [0.15, 0.2) is 36.5 Å². The Hall–Kier alpha value is -3.33. The van der Waals surface area contributed by atoms with Crippen LogP contribution in [0.25, 0.3) is 11.0 Å². The van der Waals surface area contributed by atoms with E-state index in [1.54, 1.807) is 18.2 Å². The summed E-state index contributed by atoms with van der Waals surface area (Å²) in [5.41, 5.74) is 11.2. The van der Waals surface area contributed by atoms with Gasteiger partial charge in [-0.15, -0.1) is 0 Å². The summed E-state index contributed by atoms with van der Waals surface area (Å²) in [7, 11) is -4.35. The number of benzene rings is 1. The highest BCUT2D eigenvalue weighted by Gasteiger charge is 2.47. The number of alkyl halides is 1. The van der Waals surface area contributed by atoms with Crippen molar-refractivity contribution in [2.45, 2.75) is 64.3 Å². The number of primary amides is 1. The SMILES string of the molecule is CCC(CC)COC(=O)[C@H](C)NP(=O)(OC[C@H]1O[C@@H](n2cc(C(N)=O)c3c(N)nc(Cl)nc32)C(F)C1O)Oc1ccccc1. The molecule has 0 bridgehead atoms. The van der Waals surface area contributed by atoms with E-state index >= 15 is 4.39 Å². The predicted molar refractivity (Wildman–Crippen MR) is 159 cm³/mol. The smallest absolute Gasteiger partial charge is 0.459 e. The van der Waals surface area contributed by atoms with Gasteiger partial charge in [0.05, 0.1) is 24.2 Å². The fourth-order valence-corrected chi connectivity index (χ4v) is 6.29. The first-order valence-electron chi connectivity index (χ1n) is 13.9. The van der Waals surface area contributed by atoms with Gasteiger partial charge in [0.2, 0.25) is 5.28 Å². The van der Waals surface area contributed by atoms with Crippen molar-refractivity contribution in [3.05, 3.63) is 47.4 Å². The van der Waals surface area contributed by atoms with Crippen LogP contribution < -0.4 is 21.1 Å². The molecule has 240 valence electrons. The van der Waals surface area contributed by atoms with Crippen molar-refractivity contribution in [1.29, 1.82) is 0 Å². The summed E-state index contributed by atoms with van der Waals surface area (Å²) in [6.45, 7) is 4.96. The topological polar surface area (TPSA) is 203 Å². The van der Waals surface area contributed by atoms with Gasteiger partial charge in [-0.25, -0.2) is 13.9 Å². The number of aliphatic hydroxyl groups is 1. The lowest BCUT2D eigenvalue weighted by atomic mass is 10.1. The largest absolute Gasteiger partial charge is 0.464 e. The minimum Gasteiger partial charge on any atom is -0.464 e. The minimum atomic E-state index is -4.35. The number of aromatic nitrogens is 3. The summed E-state index contributed by atoms with van der Waals surface area (Å²) in [5.74, 6) is -1.41. The van der Waals surface area contributed by atoms with Crippen LogP contribution in [0.5, 0.6) is 5.75 Å². The van der Waals surface area contributed by atoms with Crippen LogP contribution in [0.1, 0.15) is 50.2 Å². The zero-order chi connectivity index (χ0) is 32.2. The van der Waals surface area contributed by atoms with Gasteiger partial charge < -0.3 is 35.1 Å². The second-order valence-electron chi connectivity index (χ2n) is 10.3. The second-order valence-corrected chi connectivity index (χ2v) is 12.3. The summed E-state index contributed by atoms with van der Waals surface area (Å²) in [6, 6.07) is 6.92. The average molecular weight is 657 g/mol. The van der Waals surface area contributed by atoms with Crippen molar-refractivity contribution < 1.29 is 42.2 Å². The third kappa shape index (κ3) is 7.48. The van der Waals surface area contributed by atoms with Gasteiger partial charge in [-0.05, 0) is 36.6 Å². The van der Waals surface area contributed by atoms with Gasteiger partial charge in [0.15, 0.2) is 12.4 Å². The van der Waals surface area contributed by atoms with Crippen molar-refractivity contribution in [3.63, 3.8) is 0 Å². The van der Waals surface area contributed by atoms with Crippen LogP contribution in [0.2, 0.25) is 5.28 Å². The van der Waals surface area contributed by atoms with E-state index in [0.717, 1.165) is 17.4 Å². The molecule has 1 aliphatic rings. The summed E-state index contributed by atoms with van der Waals surface area (Å²) in [5, 5.41) is 13.0. The van der Waals surface area contributed by atoms with Crippen molar-refractivity contribution in [2.75, 3.05) is 18.9 Å². The Labute approximate surface area is 257 Å². The highest BCUT2D eigenvalue weighted by molar-refractivity contribution is 7.52. The normalized spacial score (nSPS) is 22.2. The van der Waals surface area contributed by atoms with E-state index in [4.69, 9.17) is 41.6 Å². The number of para-hydroxylation sites is 1. The molecule has 1 aliphatic heterocycles. The molecule has 0 aliphatic carbocycles. The minimum absolute atomic E-state index is 0.0296. The Morgan fingerprint density at radius 2 is 1.93 bits per heavy atom. The van der Waals surface area contributed by atoms with Gasteiger partial charge in [-0.1, -0.05) is 44.9 Å². The number of fused-ring (bicyclic) bond motifs is 1. The van der Waals surface area contributed by atoms with Gasteiger partial charge in [-0.2, -0.15) is 10.1 Å². The Morgan fingerprint density at radius 3 is 2.57 bits per heavy atom. The predicted octanol–water partition coefficient (Wildman–Crippen LogP) is 3.52. The summed E-state index contributed by atoms with van der Waals surface area (Å²) in [6.07, 6.45) is -3.97. The molecule has 17 heteroatoms. The van der Waals surface area contributed by atoms with Crippen LogP contribution >= 0.6 is 19.3 Å². The van der Waals surface area contributed by atoms with Crippen LogP contribution in [0.4, 0.5) is 10.2 Å². The Bertz CT molecular complexity index is 1530. The lowest BCUT2D eigenvalue weighted by Gasteiger charge is -2.25. The molecule has 3 unspecified atom stereocenters. The molecule has 6 N–H and O–H groups in total. The number of nitrogen functional groups attached to an aromatic ring is 1. The molecule has 1 amide bonds. The van der Waals surface area contributed by atoms with E-state index < -0.39 is 56.9 Å². The standard InChI is InChI=1S/C27H35ClFN6O8P/c1-4-15(5-2)12-40-26(38)14(3)34-44(39,43-16-9-7-6-8-10-16)41-13-18-21(36)20(29)25(42-18)35-11-17(23(31)37)19-22(30)32-27(28)33-24(19)35/h6-11,14-15,18,20-21,25,36H,4-5,12-13H2,1-3H3,(H2,31,37)(H,34,39)(H2,30,32,33)/t14-,18+,20?,21?,25+,44?/m0/s1. The van der Waals surface area contributed by atoms with Crippen molar-refractivity contribution in [2.24, 2.45) is 11.7 Å². The molecule has 0 radical (unpaired) electrons. The number of carbonyl (C=O) groups excluding carboxylic acids is 2. The van der Waals surface area contributed by atoms with Gasteiger partial charge in [-0.3, -0.25) is 14.1 Å². The molecule has 1 fully saturated rings. The molecule has 2 aromatic heterocycles. The molecule has 1 aromatic carbocycles. The molecular weight excluding hydrogens is 622 g/mol. The molecule has 1 saturated heterocycles. The molecule has 0 spiro atoms. The number of hydrogen-bond acceptors (Lipinski definition) is 11. The average Bonchev–Trinajstić information content (AvgIpc) is 3.50. The number of rotatable bonds is 14. The third-order valence-corrected chi connectivity index (χ3v) is 9.02. The van der Waals surface area contributed by atoms with Gasteiger partial charge in [0, 0.05) is 6.20 Å². The highest BCUT2D eigenvalue weighted by atomic mass is 35.5. The molecule has 0 saturated carbocycles. The van der Waals surface area contributed by atoms with E-state index in [1.165, 1.54) is 25.3 Å². The maximum atomic E-state index is 15.5. The number of anilines is 1. The zero-order valence-electron chi connectivity index (χ0n) is 24.3. The van der Waals surface area contributed by atoms with E-state index in [9.17, 15) is 19.3 Å². The van der Waals surface area contributed by atoms with Gasteiger partial charge >= 0.3 is 13.7 Å². The van der Waals surface area contributed by atoms with Crippen molar-refractivity contribution in [3.8, 4) is 5.75 Å². The summed E-state index contributed by atoms with van der Waals surface area (Å²) >= 11 is 5.94. The van der Waals surface area contributed by atoms with Crippen LogP contribution in [0.3, 0.4) is 0 Å². The number of ether oxygens (including phenoxy) is 2. The number of nitrogens with zero attached hydrogens (tertiary/aromatic N) is 3. The Kier molecular flexibility index (Phi) is 10.8. The van der Waals surface area contributed by atoms with Crippen LogP contribution in [-0.4, -0.2) is 69.2 Å². The lowest BCUT2D eigenvalue weighted by molar-refractivity contribution is -0.146. The molecule has 14 nitrogen and oxygen atoms in total. The number of halogens is 2. The molecule has 3 aromatic rings. The maximum absolute atomic E-state index is 15.5. The maximum Gasteiger partial charge on any atom is 0.459 e. The van der Waals surface area contributed by atoms with Crippen LogP contribution in [-0.2, 0) is 23.4 Å². The monoisotopic (exact) mass is 656 g/mol. The van der Waals surface area contributed by atoms with Crippen molar-refractivity contribution in [1.82, 2.24) is 19.6 Å². The van der Waals surface area contributed by atoms with E-state index in [2.05, 4.69) is 15.1 Å². The first kappa shape index (κ1) is 33.6. The van der Waals surface area contributed by atoms with E-state index in [1.807, 2.05) is 13.8 Å². The fourth-order valence-electron chi connectivity index (χ4n) is 4.62. The van der Waals surface area contributed by atoms with E-state index in [0.29, 0.717) is 0 Å². The lowest BCUT2D eigenvalue weighted by Crippen LogP contribution is -2.37. The Morgan fingerprint density at radius 1 is 1.25 bits per heavy atom. The van der Waals surface area contributed by atoms with Crippen molar-refractivity contribution >= 4 is 48.1 Å². The third-order valence-electron chi connectivity index (χ3n) is 7.21. The quantitative estimate of drug-likeness (QED) is 0.112.